The molecule has 1 atom stereocenters. The van der Waals surface area contributed by atoms with Crippen LogP contribution in [0.2, 0.25) is 0 Å². The first-order valence-electron chi connectivity index (χ1n) is 4.81. The van der Waals surface area contributed by atoms with Crippen molar-refractivity contribution in [3.8, 4) is 0 Å². The van der Waals surface area contributed by atoms with Crippen LogP contribution in [-0.2, 0) is 6.42 Å². The molecule has 1 unspecified atom stereocenters. The first-order chi connectivity index (χ1) is 6.24. The lowest BCUT2D eigenvalue weighted by molar-refractivity contribution is 0.160. The molecule has 2 nitrogen and oxygen atoms in total. The van der Waals surface area contributed by atoms with Crippen molar-refractivity contribution < 1.29 is 5.11 Å². The third-order valence-corrected chi connectivity index (χ3v) is 2.37. The van der Waals surface area contributed by atoms with E-state index >= 15 is 0 Å². The van der Waals surface area contributed by atoms with Crippen LogP contribution in [0.3, 0.4) is 0 Å². The summed E-state index contributed by atoms with van der Waals surface area (Å²) in [6, 6.07) is 2.01. The van der Waals surface area contributed by atoms with Gasteiger partial charge in [0.05, 0.1) is 6.10 Å². The van der Waals surface area contributed by atoms with E-state index in [0.717, 1.165) is 19.3 Å². The Bertz CT molecular complexity index is 260. The highest BCUT2D eigenvalue weighted by atomic mass is 16.3. The van der Waals surface area contributed by atoms with Crippen molar-refractivity contribution in [1.82, 2.24) is 4.98 Å². The molecule has 0 saturated carbocycles. The lowest BCUT2D eigenvalue weighted by atomic mass is 10.0. The molecule has 2 heteroatoms. The molecule has 1 aromatic rings. The predicted molar refractivity (Wildman–Crippen MR) is 53.6 cm³/mol. The lowest BCUT2D eigenvalue weighted by Gasteiger charge is -2.08. The summed E-state index contributed by atoms with van der Waals surface area (Å²) >= 11 is 0. The molecule has 0 aliphatic heterocycles. The lowest BCUT2D eigenvalue weighted by Crippen LogP contribution is -2.06. The van der Waals surface area contributed by atoms with Crippen LogP contribution in [0.1, 0.15) is 30.9 Å². The fourth-order valence-corrected chi connectivity index (χ4v) is 1.28. The fraction of sp³-hybridized carbons (Fsp3) is 0.545. The zero-order valence-electron chi connectivity index (χ0n) is 8.33. The minimum absolute atomic E-state index is 0.167. The van der Waals surface area contributed by atoms with E-state index in [2.05, 4.69) is 11.9 Å². The normalized spacial score (nSPS) is 12.8. The Hall–Kier alpha value is -0.890. The van der Waals surface area contributed by atoms with Gasteiger partial charge in [0, 0.05) is 12.4 Å². The molecule has 0 aromatic carbocycles. The highest BCUT2D eigenvalue weighted by Crippen LogP contribution is 2.10. The van der Waals surface area contributed by atoms with Gasteiger partial charge in [-0.05, 0) is 43.4 Å². The van der Waals surface area contributed by atoms with Gasteiger partial charge in [0.2, 0.25) is 0 Å². The largest absolute Gasteiger partial charge is 0.393 e. The minimum atomic E-state index is -0.167. The number of aryl methyl sites for hydroxylation is 2. The standard InChI is InChI=1S/C11H17NO/c1-3-11(13)5-4-10-8-12-7-6-9(10)2/h6-8,11,13H,3-5H2,1-2H3. The van der Waals surface area contributed by atoms with E-state index < -0.39 is 0 Å². The van der Waals surface area contributed by atoms with Crippen LogP contribution in [0.25, 0.3) is 0 Å². The SMILES string of the molecule is CCC(O)CCc1cnccc1C. The predicted octanol–water partition coefficient (Wildman–Crippen LogP) is 2.09. The molecular weight excluding hydrogens is 162 g/mol. The summed E-state index contributed by atoms with van der Waals surface area (Å²) < 4.78 is 0. The number of hydrogen-bond donors (Lipinski definition) is 1. The molecule has 1 N–H and O–H groups in total. The van der Waals surface area contributed by atoms with Crippen molar-refractivity contribution in [2.75, 3.05) is 0 Å². The Morgan fingerprint density at radius 2 is 2.31 bits per heavy atom. The second kappa shape index (κ2) is 4.97. The molecule has 1 heterocycles. The van der Waals surface area contributed by atoms with E-state index in [4.69, 9.17) is 0 Å². The van der Waals surface area contributed by atoms with Crippen molar-refractivity contribution >= 4 is 0 Å². The smallest absolute Gasteiger partial charge is 0.0540 e. The summed E-state index contributed by atoms with van der Waals surface area (Å²) in [6.07, 6.45) is 6.11. The Kier molecular flexibility index (Phi) is 3.90. The Labute approximate surface area is 79.6 Å². The molecule has 0 spiro atoms. The van der Waals surface area contributed by atoms with Gasteiger partial charge in [-0.3, -0.25) is 4.98 Å². The average Bonchev–Trinajstić information content (AvgIpc) is 2.16. The maximum Gasteiger partial charge on any atom is 0.0540 e. The molecule has 1 aromatic heterocycles. The van der Waals surface area contributed by atoms with Crippen LogP contribution in [0.4, 0.5) is 0 Å². The molecule has 0 aliphatic rings. The molecule has 1 rings (SSSR count). The number of pyridine rings is 1. The van der Waals surface area contributed by atoms with Crippen LogP contribution in [0.15, 0.2) is 18.5 Å². The number of nitrogens with zero attached hydrogens (tertiary/aromatic N) is 1. The number of rotatable bonds is 4. The zero-order chi connectivity index (χ0) is 9.68. The third-order valence-electron chi connectivity index (χ3n) is 2.37. The average molecular weight is 179 g/mol. The van der Waals surface area contributed by atoms with Crippen molar-refractivity contribution in [2.45, 2.75) is 39.2 Å². The Balaban J connectivity index is 2.50. The van der Waals surface area contributed by atoms with Gasteiger partial charge in [-0.15, -0.1) is 0 Å². The van der Waals surface area contributed by atoms with Gasteiger partial charge >= 0.3 is 0 Å². The second-order valence-corrected chi connectivity index (χ2v) is 3.40. The van der Waals surface area contributed by atoms with Gasteiger partial charge < -0.3 is 5.11 Å². The molecule has 0 fully saturated rings. The summed E-state index contributed by atoms with van der Waals surface area (Å²) in [5, 5.41) is 9.39. The van der Waals surface area contributed by atoms with Crippen LogP contribution in [-0.4, -0.2) is 16.2 Å². The molecule has 0 amide bonds. The topological polar surface area (TPSA) is 33.1 Å². The van der Waals surface area contributed by atoms with Crippen molar-refractivity contribution in [3.63, 3.8) is 0 Å². The molecular formula is C11H17NO. The highest BCUT2D eigenvalue weighted by molar-refractivity contribution is 5.21. The number of aliphatic hydroxyl groups is 1. The van der Waals surface area contributed by atoms with E-state index in [-0.39, 0.29) is 6.10 Å². The molecule has 0 aliphatic carbocycles. The summed E-state index contributed by atoms with van der Waals surface area (Å²) in [7, 11) is 0. The Morgan fingerprint density at radius 3 is 2.92 bits per heavy atom. The number of aliphatic hydroxyl groups excluding tert-OH is 1. The first kappa shape index (κ1) is 10.2. The summed E-state index contributed by atoms with van der Waals surface area (Å²) in [4.78, 5) is 4.07. The monoisotopic (exact) mass is 179 g/mol. The van der Waals surface area contributed by atoms with E-state index in [9.17, 15) is 5.11 Å². The fourth-order valence-electron chi connectivity index (χ4n) is 1.28. The summed E-state index contributed by atoms with van der Waals surface area (Å²) in [5.74, 6) is 0. The third kappa shape index (κ3) is 3.15. The van der Waals surface area contributed by atoms with E-state index in [1.54, 1.807) is 6.20 Å². The molecule has 13 heavy (non-hydrogen) atoms. The van der Waals surface area contributed by atoms with Crippen molar-refractivity contribution in [1.29, 1.82) is 0 Å². The van der Waals surface area contributed by atoms with Gasteiger partial charge in [-0.25, -0.2) is 0 Å². The highest BCUT2D eigenvalue weighted by Gasteiger charge is 2.03. The first-order valence-corrected chi connectivity index (χ1v) is 4.81. The van der Waals surface area contributed by atoms with Gasteiger partial charge in [0.25, 0.3) is 0 Å². The van der Waals surface area contributed by atoms with Gasteiger partial charge in [0.15, 0.2) is 0 Å². The second-order valence-electron chi connectivity index (χ2n) is 3.40. The molecule has 72 valence electrons. The zero-order valence-corrected chi connectivity index (χ0v) is 8.33. The molecule has 0 radical (unpaired) electrons. The minimum Gasteiger partial charge on any atom is -0.393 e. The van der Waals surface area contributed by atoms with Crippen LogP contribution >= 0.6 is 0 Å². The Morgan fingerprint density at radius 1 is 1.54 bits per heavy atom. The van der Waals surface area contributed by atoms with E-state index in [1.807, 2.05) is 19.2 Å². The van der Waals surface area contributed by atoms with E-state index in [1.165, 1.54) is 11.1 Å². The van der Waals surface area contributed by atoms with Gasteiger partial charge in [-0.2, -0.15) is 0 Å². The maximum atomic E-state index is 9.39. The number of hydrogen-bond acceptors (Lipinski definition) is 2. The van der Waals surface area contributed by atoms with Gasteiger partial charge in [-0.1, -0.05) is 6.92 Å². The quantitative estimate of drug-likeness (QED) is 0.767. The van der Waals surface area contributed by atoms with Gasteiger partial charge in [0.1, 0.15) is 0 Å². The molecule has 0 saturated heterocycles. The van der Waals surface area contributed by atoms with Crippen molar-refractivity contribution in [2.24, 2.45) is 0 Å². The van der Waals surface area contributed by atoms with Crippen molar-refractivity contribution in [3.05, 3.63) is 29.6 Å². The molecule has 0 bridgehead atoms. The van der Waals surface area contributed by atoms with E-state index in [0.29, 0.717) is 0 Å². The van der Waals surface area contributed by atoms with Crippen LogP contribution in [0.5, 0.6) is 0 Å². The number of aromatic nitrogens is 1. The summed E-state index contributed by atoms with van der Waals surface area (Å²) in [5.41, 5.74) is 2.51. The summed E-state index contributed by atoms with van der Waals surface area (Å²) in [6.45, 7) is 4.08. The van der Waals surface area contributed by atoms with Crippen LogP contribution < -0.4 is 0 Å². The van der Waals surface area contributed by atoms with Crippen LogP contribution in [0, 0.1) is 6.92 Å². The maximum absolute atomic E-state index is 9.39.